The minimum atomic E-state index is -0.304. The van der Waals surface area contributed by atoms with E-state index in [-0.39, 0.29) is 6.04 Å². The van der Waals surface area contributed by atoms with Crippen molar-refractivity contribution in [2.24, 2.45) is 0 Å². The summed E-state index contributed by atoms with van der Waals surface area (Å²) in [7, 11) is 0. The first-order valence-electron chi connectivity index (χ1n) is 4.89. The van der Waals surface area contributed by atoms with E-state index in [9.17, 15) is 0 Å². The number of nitrogens with zero attached hydrogens (tertiary/aromatic N) is 2. The minimum Gasteiger partial charge on any atom is -0.627 e. The molecule has 3 heteroatoms. The van der Waals surface area contributed by atoms with Gasteiger partial charge < -0.3 is 10.6 Å². The Labute approximate surface area is 89.4 Å². The first kappa shape index (κ1) is 9.75. The van der Waals surface area contributed by atoms with Gasteiger partial charge in [0.25, 0.3) is 0 Å². The standard InChI is InChI=1S/C12H12N3/c1-9-11(7-13)14-8-15-12(9)10-5-3-2-4-6-10/h2-6,11,15H,8H2,1H3/q-1. The average molecular weight is 198 g/mol. The first-order valence-corrected chi connectivity index (χ1v) is 4.89. The zero-order chi connectivity index (χ0) is 10.7. The largest absolute Gasteiger partial charge is 0.627 e. The van der Waals surface area contributed by atoms with Crippen molar-refractivity contribution in [3.63, 3.8) is 0 Å². The highest BCUT2D eigenvalue weighted by Crippen LogP contribution is 2.24. The predicted molar refractivity (Wildman–Crippen MR) is 59.8 cm³/mol. The quantitative estimate of drug-likeness (QED) is 0.752. The fourth-order valence-corrected chi connectivity index (χ4v) is 1.70. The molecule has 0 bridgehead atoms. The van der Waals surface area contributed by atoms with E-state index in [1.165, 1.54) is 0 Å². The molecule has 1 aromatic rings. The molecule has 0 spiro atoms. The Balaban J connectivity index is 2.40. The van der Waals surface area contributed by atoms with Gasteiger partial charge in [0.2, 0.25) is 0 Å². The summed E-state index contributed by atoms with van der Waals surface area (Å²) in [6, 6.07) is 11.9. The van der Waals surface area contributed by atoms with Crippen LogP contribution in [0.2, 0.25) is 0 Å². The third-order valence-electron chi connectivity index (χ3n) is 2.52. The predicted octanol–water partition coefficient (Wildman–Crippen LogP) is 2.24. The van der Waals surface area contributed by atoms with E-state index in [1.54, 1.807) is 0 Å². The second-order valence-corrected chi connectivity index (χ2v) is 3.47. The molecule has 15 heavy (non-hydrogen) atoms. The van der Waals surface area contributed by atoms with Crippen LogP contribution in [-0.2, 0) is 0 Å². The fraction of sp³-hybridized carbons (Fsp3) is 0.250. The molecule has 1 N–H and O–H groups in total. The molecule has 0 aliphatic carbocycles. The van der Waals surface area contributed by atoms with Crippen LogP contribution in [0.1, 0.15) is 12.5 Å². The maximum absolute atomic E-state index is 8.92. The van der Waals surface area contributed by atoms with Crippen molar-refractivity contribution >= 4 is 5.70 Å². The molecule has 1 atom stereocenters. The van der Waals surface area contributed by atoms with Crippen LogP contribution >= 0.6 is 0 Å². The van der Waals surface area contributed by atoms with Crippen molar-refractivity contribution in [2.75, 3.05) is 6.67 Å². The van der Waals surface area contributed by atoms with Crippen molar-refractivity contribution in [1.82, 2.24) is 5.32 Å². The molecule has 0 amide bonds. The van der Waals surface area contributed by atoms with Crippen LogP contribution in [0.15, 0.2) is 35.9 Å². The van der Waals surface area contributed by atoms with E-state index in [0.717, 1.165) is 16.8 Å². The molecule has 0 radical (unpaired) electrons. The minimum absolute atomic E-state index is 0.304. The Morgan fingerprint density at radius 2 is 2.13 bits per heavy atom. The summed E-state index contributed by atoms with van der Waals surface area (Å²) in [5.41, 5.74) is 3.15. The zero-order valence-electron chi connectivity index (χ0n) is 8.57. The van der Waals surface area contributed by atoms with Crippen molar-refractivity contribution in [3.8, 4) is 6.07 Å². The van der Waals surface area contributed by atoms with E-state index < -0.39 is 0 Å². The van der Waals surface area contributed by atoms with E-state index in [4.69, 9.17) is 5.26 Å². The van der Waals surface area contributed by atoms with Gasteiger partial charge in [0.05, 0.1) is 0 Å². The van der Waals surface area contributed by atoms with Gasteiger partial charge in [-0.3, -0.25) is 0 Å². The number of nitrogens with one attached hydrogen (secondary N) is 1. The summed E-state index contributed by atoms with van der Waals surface area (Å²) in [6.07, 6.45) is 0. The summed E-state index contributed by atoms with van der Waals surface area (Å²) in [5, 5.41) is 16.3. The molecule has 1 heterocycles. The van der Waals surface area contributed by atoms with E-state index in [0.29, 0.717) is 6.67 Å². The monoisotopic (exact) mass is 198 g/mol. The smallest absolute Gasteiger partial charge is 0.0474 e. The van der Waals surface area contributed by atoms with Crippen LogP contribution in [0, 0.1) is 11.3 Å². The highest BCUT2D eigenvalue weighted by atomic mass is 15.1. The lowest BCUT2D eigenvalue weighted by molar-refractivity contribution is 0.842. The van der Waals surface area contributed by atoms with Crippen molar-refractivity contribution in [1.29, 1.82) is 5.26 Å². The van der Waals surface area contributed by atoms with Gasteiger partial charge >= 0.3 is 0 Å². The van der Waals surface area contributed by atoms with Crippen molar-refractivity contribution in [2.45, 2.75) is 13.0 Å². The molecule has 1 aromatic carbocycles. The molecule has 1 unspecified atom stereocenters. The van der Waals surface area contributed by atoms with Crippen LogP contribution in [0.3, 0.4) is 0 Å². The molecule has 2 rings (SSSR count). The number of nitriles is 1. The van der Waals surface area contributed by atoms with Gasteiger partial charge in [-0.05, 0) is 18.5 Å². The maximum Gasteiger partial charge on any atom is 0.0474 e. The molecular formula is C12H12N3-. The molecule has 0 saturated heterocycles. The lowest BCUT2D eigenvalue weighted by atomic mass is 10.0. The van der Waals surface area contributed by atoms with Gasteiger partial charge in [-0.15, -0.1) is 0 Å². The molecule has 3 nitrogen and oxygen atoms in total. The number of hydrogen-bond acceptors (Lipinski definition) is 2. The highest BCUT2D eigenvalue weighted by Gasteiger charge is 2.11. The Kier molecular flexibility index (Phi) is 2.70. The lowest BCUT2D eigenvalue weighted by Crippen LogP contribution is -2.26. The summed E-state index contributed by atoms with van der Waals surface area (Å²) < 4.78 is 0. The van der Waals surface area contributed by atoms with Gasteiger partial charge in [0.1, 0.15) is 0 Å². The second-order valence-electron chi connectivity index (χ2n) is 3.47. The van der Waals surface area contributed by atoms with Crippen LogP contribution in [0.4, 0.5) is 0 Å². The fourth-order valence-electron chi connectivity index (χ4n) is 1.70. The molecule has 1 aliphatic rings. The molecule has 1 aliphatic heterocycles. The molecule has 0 saturated carbocycles. The second kappa shape index (κ2) is 4.16. The van der Waals surface area contributed by atoms with E-state index >= 15 is 0 Å². The van der Waals surface area contributed by atoms with Crippen LogP contribution < -0.4 is 5.32 Å². The number of hydrogen-bond donors (Lipinski definition) is 1. The van der Waals surface area contributed by atoms with Gasteiger partial charge in [-0.1, -0.05) is 42.6 Å². The molecular weight excluding hydrogens is 186 g/mol. The van der Waals surface area contributed by atoms with E-state index in [2.05, 4.69) is 16.7 Å². The van der Waals surface area contributed by atoms with Crippen LogP contribution in [0.25, 0.3) is 11.0 Å². The topological polar surface area (TPSA) is 49.9 Å². The summed E-state index contributed by atoms with van der Waals surface area (Å²) >= 11 is 0. The van der Waals surface area contributed by atoms with Gasteiger partial charge in [-0.25, -0.2) is 0 Å². The SMILES string of the molecule is CC1=C(c2ccccc2)NC[N-]C1C#N. The maximum atomic E-state index is 8.92. The zero-order valence-corrected chi connectivity index (χ0v) is 8.57. The van der Waals surface area contributed by atoms with Gasteiger partial charge in [-0.2, -0.15) is 5.26 Å². The normalized spacial score (nSPS) is 20.7. The molecule has 76 valence electrons. The highest BCUT2D eigenvalue weighted by molar-refractivity contribution is 5.70. The Morgan fingerprint density at radius 3 is 2.80 bits per heavy atom. The lowest BCUT2D eigenvalue weighted by Gasteiger charge is -2.35. The van der Waals surface area contributed by atoms with E-state index in [1.807, 2.05) is 37.3 Å². The third kappa shape index (κ3) is 1.85. The Hall–Kier alpha value is -1.79. The van der Waals surface area contributed by atoms with Gasteiger partial charge in [0.15, 0.2) is 0 Å². The molecule has 0 aromatic heterocycles. The average Bonchev–Trinajstić information content (AvgIpc) is 2.30. The first-order chi connectivity index (χ1) is 7.33. The van der Waals surface area contributed by atoms with Crippen molar-refractivity contribution in [3.05, 3.63) is 46.8 Å². The Bertz CT molecular complexity index is 414. The van der Waals surface area contributed by atoms with Crippen LogP contribution in [-0.4, -0.2) is 12.7 Å². The number of benzene rings is 1. The summed E-state index contributed by atoms with van der Waals surface area (Å²) in [5.74, 6) is 0. The third-order valence-corrected chi connectivity index (χ3v) is 2.52. The van der Waals surface area contributed by atoms with Crippen molar-refractivity contribution < 1.29 is 0 Å². The van der Waals surface area contributed by atoms with Gasteiger partial charge in [0, 0.05) is 11.8 Å². The summed E-state index contributed by atoms with van der Waals surface area (Å²) in [6.45, 7) is 2.46. The number of rotatable bonds is 1. The molecule has 0 fully saturated rings. The van der Waals surface area contributed by atoms with Crippen LogP contribution in [0.5, 0.6) is 0 Å². The Morgan fingerprint density at radius 1 is 1.40 bits per heavy atom. The summed E-state index contributed by atoms with van der Waals surface area (Å²) in [4.78, 5) is 0.